The number of amides is 1. The molecule has 0 aromatic carbocycles. The number of carbonyl (C=O) groups excluding carboxylic acids is 1. The molecule has 1 amide bonds. The van der Waals surface area contributed by atoms with Crippen molar-refractivity contribution in [2.75, 3.05) is 20.6 Å². The molecule has 130 valence electrons. The molecule has 1 aromatic heterocycles. The lowest BCUT2D eigenvalue weighted by Gasteiger charge is -2.30. The van der Waals surface area contributed by atoms with Crippen molar-refractivity contribution in [3.63, 3.8) is 0 Å². The molecule has 1 fully saturated rings. The zero-order valence-electron chi connectivity index (χ0n) is 15.0. The first kappa shape index (κ1) is 18.1. The highest BCUT2D eigenvalue weighted by Gasteiger charge is 2.27. The Kier molecular flexibility index (Phi) is 7.15. The maximum absolute atomic E-state index is 13.0. The van der Waals surface area contributed by atoms with Gasteiger partial charge in [0, 0.05) is 12.6 Å². The second kappa shape index (κ2) is 9.11. The van der Waals surface area contributed by atoms with Crippen LogP contribution in [0.3, 0.4) is 0 Å². The van der Waals surface area contributed by atoms with Crippen LogP contribution in [-0.2, 0) is 6.54 Å². The topological polar surface area (TPSA) is 36.7 Å². The highest BCUT2D eigenvalue weighted by molar-refractivity contribution is 5.91. The van der Waals surface area contributed by atoms with Crippen LogP contribution in [0.25, 0.3) is 0 Å². The van der Waals surface area contributed by atoms with Crippen LogP contribution < -0.4 is 0 Å². The Morgan fingerprint density at radius 3 is 2.48 bits per heavy atom. The summed E-state index contributed by atoms with van der Waals surface area (Å²) in [6, 6.07) is 4.16. The average Bonchev–Trinajstić information content (AvgIpc) is 2.81. The van der Waals surface area contributed by atoms with Crippen molar-refractivity contribution in [3.05, 3.63) is 23.7 Å². The molecule has 0 bridgehead atoms. The van der Waals surface area contributed by atoms with E-state index in [-0.39, 0.29) is 5.91 Å². The number of carbonyl (C=O) groups is 1. The third kappa shape index (κ3) is 5.38. The van der Waals surface area contributed by atoms with Gasteiger partial charge in [-0.3, -0.25) is 4.79 Å². The summed E-state index contributed by atoms with van der Waals surface area (Å²) >= 11 is 0. The van der Waals surface area contributed by atoms with Crippen molar-refractivity contribution in [3.8, 4) is 0 Å². The number of rotatable bonds is 7. The van der Waals surface area contributed by atoms with E-state index in [2.05, 4.69) is 11.8 Å². The minimum atomic E-state index is 0.0790. The highest BCUT2D eigenvalue weighted by atomic mass is 16.4. The standard InChI is InChI=1S/C19H32N2O2/c1-4-5-14-21(16-10-8-6-7-9-11-16)19(22)18-13-12-17(23-18)15-20(2)3/h12-13,16H,4-11,14-15H2,1-3H3. The largest absolute Gasteiger partial charge is 0.455 e. The smallest absolute Gasteiger partial charge is 0.289 e. The fourth-order valence-corrected chi connectivity index (χ4v) is 3.38. The van der Waals surface area contributed by atoms with Gasteiger partial charge >= 0.3 is 0 Å². The molecular weight excluding hydrogens is 288 g/mol. The Morgan fingerprint density at radius 2 is 1.87 bits per heavy atom. The van der Waals surface area contributed by atoms with Crippen LogP contribution in [0.15, 0.2) is 16.5 Å². The first-order valence-electron chi connectivity index (χ1n) is 9.16. The van der Waals surface area contributed by atoms with Crippen molar-refractivity contribution >= 4 is 5.91 Å². The van der Waals surface area contributed by atoms with Gasteiger partial charge in [-0.25, -0.2) is 0 Å². The monoisotopic (exact) mass is 320 g/mol. The van der Waals surface area contributed by atoms with Crippen LogP contribution in [0.1, 0.15) is 74.6 Å². The maximum Gasteiger partial charge on any atom is 0.289 e. The molecule has 0 unspecified atom stereocenters. The van der Waals surface area contributed by atoms with Crippen molar-refractivity contribution in [2.45, 2.75) is 70.9 Å². The van der Waals surface area contributed by atoms with Gasteiger partial charge in [0.25, 0.3) is 5.91 Å². The molecule has 2 rings (SSSR count). The lowest BCUT2D eigenvalue weighted by atomic mass is 10.1. The van der Waals surface area contributed by atoms with Gasteiger partial charge in [-0.1, -0.05) is 39.0 Å². The molecule has 4 heteroatoms. The minimum Gasteiger partial charge on any atom is -0.455 e. The fraction of sp³-hybridized carbons (Fsp3) is 0.737. The Balaban J connectivity index is 2.09. The van der Waals surface area contributed by atoms with E-state index in [0.29, 0.717) is 11.8 Å². The number of furan rings is 1. The number of unbranched alkanes of at least 4 members (excludes halogenated alkanes) is 1. The summed E-state index contributed by atoms with van der Waals surface area (Å²) in [5.41, 5.74) is 0. The third-order valence-corrected chi connectivity index (χ3v) is 4.62. The number of nitrogens with zero attached hydrogens (tertiary/aromatic N) is 2. The van der Waals surface area contributed by atoms with Crippen LogP contribution in [0, 0.1) is 0 Å². The van der Waals surface area contributed by atoms with Crippen molar-refractivity contribution in [1.82, 2.24) is 9.80 Å². The van der Waals surface area contributed by atoms with Gasteiger partial charge in [-0.2, -0.15) is 0 Å². The van der Waals surface area contributed by atoms with Crippen molar-refractivity contribution < 1.29 is 9.21 Å². The Morgan fingerprint density at radius 1 is 1.17 bits per heavy atom. The number of hydrogen-bond acceptors (Lipinski definition) is 3. The van der Waals surface area contributed by atoms with E-state index in [1.807, 2.05) is 31.1 Å². The predicted octanol–water partition coefficient (Wildman–Crippen LogP) is 4.31. The Labute approximate surface area is 140 Å². The van der Waals surface area contributed by atoms with E-state index in [4.69, 9.17) is 4.42 Å². The lowest BCUT2D eigenvalue weighted by molar-refractivity contribution is 0.0621. The summed E-state index contributed by atoms with van der Waals surface area (Å²) in [4.78, 5) is 17.1. The van der Waals surface area contributed by atoms with Gasteiger partial charge in [-0.15, -0.1) is 0 Å². The molecule has 0 N–H and O–H groups in total. The van der Waals surface area contributed by atoms with E-state index in [1.165, 1.54) is 25.7 Å². The third-order valence-electron chi connectivity index (χ3n) is 4.62. The zero-order valence-corrected chi connectivity index (χ0v) is 15.0. The molecule has 0 saturated heterocycles. The SMILES string of the molecule is CCCCN(C(=O)c1ccc(CN(C)C)o1)C1CCCCCC1. The second-order valence-electron chi connectivity index (χ2n) is 7.00. The van der Waals surface area contributed by atoms with Gasteiger partial charge in [0.05, 0.1) is 6.54 Å². The summed E-state index contributed by atoms with van der Waals surface area (Å²) in [5, 5.41) is 0. The molecular formula is C19H32N2O2. The van der Waals surface area contributed by atoms with Gasteiger partial charge in [-0.05, 0) is 45.5 Å². The molecule has 0 aliphatic heterocycles. The van der Waals surface area contributed by atoms with Gasteiger partial charge in [0.15, 0.2) is 5.76 Å². The van der Waals surface area contributed by atoms with Crippen LogP contribution in [0.2, 0.25) is 0 Å². The van der Waals surface area contributed by atoms with Crippen LogP contribution in [0.4, 0.5) is 0 Å². The molecule has 1 aliphatic carbocycles. The van der Waals surface area contributed by atoms with E-state index in [0.717, 1.165) is 44.5 Å². The molecule has 1 heterocycles. The molecule has 1 saturated carbocycles. The second-order valence-corrected chi connectivity index (χ2v) is 7.00. The molecule has 0 spiro atoms. The van der Waals surface area contributed by atoms with Crippen LogP contribution in [-0.4, -0.2) is 42.4 Å². The van der Waals surface area contributed by atoms with Gasteiger partial charge in [0.2, 0.25) is 0 Å². The zero-order chi connectivity index (χ0) is 16.7. The quantitative estimate of drug-likeness (QED) is 0.703. The van der Waals surface area contributed by atoms with Crippen molar-refractivity contribution in [1.29, 1.82) is 0 Å². The molecule has 1 aromatic rings. The molecule has 23 heavy (non-hydrogen) atoms. The van der Waals surface area contributed by atoms with Crippen LogP contribution in [0.5, 0.6) is 0 Å². The highest BCUT2D eigenvalue weighted by Crippen LogP contribution is 2.24. The summed E-state index contributed by atoms with van der Waals surface area (Å²) in [5.74, 6) is 1.44. The normalized spacial score (nSPS) is 16.5. The fourth-order valence-electron chi connectivity index (χ4n) is 3.38. The van der Waals surface area contributed by atoms with E-state index >= 15 is 0 Å². The average molecular weight is 320 g/mol. The molecule has 4 nitrogen and oxygen atoms in total. The molecule has 0 atom stereocenters. The Hall–Kier alpha value is -1.29. The van der Waals surface area contributed by atoms with Gasteiger partial charge < -0.3 is 14.2 Å². The van der Waals surface area contributed by atoms with E-state index in [1.54, 1.807) is 0 Å². The maximum atomic E-state index is 13.0. The summed E-state index contributed by atoms with van der Waals surface area (Å²) in [6.45, 7) is 3.76. The molecule has 1 aliphatic rings. The predicted molar refractivity (Wildman–Crippen MR) is 93.5 cm³/mol. The first-order chi connectivity index (χ1) is 11.1. The van der Waals surface area contributed by atoms with Crippen LogP contribution >= 0.6 is 0 Å². The minimum absolute atomic E-state index is 0.0790. The molecule has 0 radical (unpaired) electrons. The summed E-state index contributed by atoms with van der Waals surface area (Å²) in [6.07, 6.45) is 9.55. The first-order valence-corrected chi connectivity index (χ1v) is 9.16. The Bertz CT molecular complexity index is 473. The van der Waals surface area contributed by atoms with Crippen molar-refractivity contribution in [2.24, 2.45) is 0 Å². The summed E-state index contributed by atoms with van der Waals surface area (Å²) in [7, 11) is 4.01. The number of hydrogen-bond donors (Lipinski definition) is 0. The lowest BCUT2D eigenvalue weighted by Crippen LogP contribution is -2.40. The summed E-state index contributed by atoms with van der Waals surface area (Å²) < 4.78 is 5.81. The van der Waals surface area contributed by atoms with E-state index < -0.39 is 0 Å². The van der Waals surface area contributed by atoms with E-state index in [9.17, 15) is 4.79 Å². The van der Waals surface area contributed by atoms with Gasteiger partial charge in [0.1, 0.15) is 5.76 Å².